The normalized spacial score (nSPS) is 14.2. The highest BCUT2D eigenvalue weighted by molar-refractivity contribution is 6.30. The number of aryl methyl sites for hydroxylation is 2. The monoisotopic (exact) mass is 427 g/mol. The van der Waals surface area contributed by atoms with Crippen molar-refractivity contribution in [2.24, 2.45) is 0 Å². The summed E-state index contributed by atoms with van der Waals surface area (Å²) in [4.78, 5) is 37.3. The van der Waals surface area contributed by atoms with E-state index in [2.05, 4.69) is 25.3 Å². The Bertz CT molecular complexity index is 1110. The smallest absolute Gasteiger partial charge is 0.291 e. The Balaban J connectivity index is 1.32. The van der Waals surface area contributed by atoms with Crippen molar-refractivity contribution in [1.82, 2.24) is 29.8 Å². The summed E-state index contributed by atoms with van der Waals surface area (Å²) in [5.74, 6) is -0.276. The number of nitrogens with one attached hydrogen (secondary N) is 1. The zero-order valence-electron chi connectivity index (χ0n) is 16.8. The van der Waals surface area contributed by atoms with Crippen molar-refractivity contribution in [3.63, 3.8) is 0 Å². The zero-order valence-corrected chi connectivity index (χ0v) is 17.6. The molecule has 1 aliphatic heterocycles. The molecule has 156 valence electrons. The minimum Gasteiger partial charge on any atom is -0.368 e. The summed E-state index contributed by atoms with van der Waals surface area (Å²) in [7, 11) is 0. The number of benzene rings is 1. The number of carbonyl (C=O) groups excluding carboxylic acids is 2. The lowest BCUT2D eigenvalue weighted by Gasteiger charge is -2.36. The summed E-state index contributed by atoms with van der Waals surface area (Å²) in [6.07, 6.45) is 0. The Kier molecular flexibility index (Phi) is 5.54. The quantitative estimate of drug-likeness (QED) is 0.677. The molecular weight excluding hydrogens is 406 g/mol. The molecule has 1 N–H and O–H groups in total. The maximum Gasteiger partial charge on any atom is 0.291 e. The number of nitrogens with zero attached hydrogens (tertiary/aromatic N) is 6. The van der Waals surface area contributed by atoms with Crippen LogP contribution >= 0.6 is 11.6 Å². The summed E-state index contributed by atoms with van der Waals surface area (Å²) in [6, 6.07) is 9.53. The van der Waals surface area contributed by atoms with Crippen LogP contribution in [0, 0.1) is 13.8 Å². The second kappa shape index (κ2) is 8.27. The number of hydrogen-bond acceptors (Lipinski definition) is 6. The molecule has 30 heavy (non-hydrogen) atoms. The van der Waals surface area contributed by atoms with Crippen molar-refractivity contribution < 1.29 is 9.59 Å². The summed E-state index contributed by atoms with van der Waals surface area (Å²) >= 11 is 6.06. The predicted octanol–water partition coefficient (Wildman–Crippen LogP) is 1.47. The van der Waals surface area contributed by atoms with Gasteiger partial charge >= 0.3 is 0 Å². The van der Waals surface area contributed by atoms with E-state index in [-0.39, 0.29) is 18.3 Å². The molecule has 1 aromatic carbocycles. The molecule has 2 amide bonds. The van der Waals surface area contributed by atoms with Gasteiger partial charge in [-0.25, -0.2) is 9.50 Å². The minimum atomic E-state index is -0.497. The molecule has 0 atom stereocenters. The molecule has 1 aliphatic rings. The van der Waals surface area contributed by atoms with Gasteiger partial charge < -0.3 is 15.1 Å². The van der Waals surface area contributed by atoms with Crippen molar-refractivity contribution in [1.29, 1.82) is 0 Å². The Morgan fingerprint density at radius 3 is 2.60 bits per heavy atom. The van der Waals surface area contributed by atoms with Crippen LogP contribution in [0.1, 0.15) is 22.0 Å². The molecule has 1 fully saturated rings. The number of rotatable bonds is 4. The zero-order chi connectivity index (χ0) is 21.3. The first kappa shape index (κ1) is 20.1. The van der Waals surface area contributed by atoms with Crippen LogP contribution in [0.15, 0.2) is 30.3 Å². The number of aromatic nitrogens is 4. The van der Waals surface area contributed by atoms with Crippen molar-refractivity contribution in [3.05, 3.63) is 52.6 Å². The summed E-state index contributed by atoms with van der Waals surface area (Å²) in [6.45, 7) is 6.19. The molecule has 0 spiro atoms. The molecule has 0 unspecified atom stereocenters. The maximum atomic E-state index is 12.5. The molecule has 0 radical (unpaired) electrons. The molecule has 3 heterocycles. The van der Waals surface area contributed by atoms with Gasteiger partial charge in [0.15, 0.2) is 0 Å². The van der Waals surface area contributed by atoms with E-state index in [1.54, 1.807) is 4.90 Å². The highest BCUT2D eigenvalue weighted by Gasteiger charge is 2.23. The van der Waals surface area contributed by atoms with Gasteiger partial charge in [0.1, 0.15) is 0 Å². The Morgan fingerprint density at radius 1 is 1.10 bits per heavy atom. The van der Waals surface area contributed by atoms with Gasteiger partial charge in [0.25, 0.3) is 11.7 Å². The van der Waals surface area contributed by atoms with Gasteiger partial charge in [-0.05, 0) is 38.1 Å². The van der Waals surface area contributed by atoms with Crippen molar-refractivity contribution in [2.45, 2.75) is 13.8 Å². The second-order valence-electron chi connectivity index (χ2n) is 7.22. The van der Waals surface area contributed by atoms with Gasteiger partial charge in [-0.15, -0.1) is 5.10 Å². The molecule has 1 saturated heterocycles. The molecule has 9 nitrogen and oxygen atoms in total. The van der Waals surface area contributed by atoms with Crippen molar-refractivity contribution in [3.8, 4) is 0 Å². The first-order valence-electron chi connectivity index (χ1n) is 9.68. The van der Waals surface area contributed by atoms with Crippen LogP contribution in [0.5, 0.6) is 0 Å². The topological polar surface area (TPSA) is 95.7 Å². The molecule has 2 aromatic heterocycles. The van der Waals surface area contributed by atoms with Crippen LogP contribution in [-0.2, 0) is 4.79 Å². The second-order valence-corrected chi connectivity index (χ2v) is 7.65. The molecular formula is C20H22ClN7O2. The van der Waals surface area contributed by atoms with Gasteiger partial charge in [-0.1, -0.05) is 17.7 Å². The van der Waals surface area contributed by atoms with Crippen LogP contribution in [0.25, 0.3) is 5.78 Å². The summed E-state index contributed by atoms with van der Waals surface area (Å²) in [5.41, 5.74) is 2.67. The lowest BCUT2D eigenvalue weighted by atomic mass is 10.2. The number of anilines is 1. The van der Waals surface area contributed by atoms with Crippen LogP contribution in [-0.4, -0.2) is 69.0 Å². The highest BCUT2D eigenvalue weighted by Crippen LogP contribution is 2.20. The number of amides is 2. The van der Waals surface area contributed by atoms with E-state index < -0.39 is 5.91 Å². The summed E-state index contributed by atoms with van der Waals surface area (Å²) in [5, 5.41) is 7.49. The molecule has 4 rings (SSSR count). The lowest BCUT2D eigenvalue weighted by Crippen LogP contribution is -2.51. The minimum absolute atomic E-state index is 0.00484. The first-order valence-corrected chi connectivity index (χ1v) is 10.1. The third-order valence-corrected chi connectivity index (χ3v) is 5.26. The molecule has 0 saturated carbocycles. The fraction of sp³-hybridized carbons (Fsp3) is 0.350. The van der Waals surface area contributed by atoms with Crippen LogP contribution < -0.4 is 10.2 Å². The Hall–Kier alpha value is -3.20. The maximum absolute atomic E-state index is 12.5. The Labute approximate surface area is 178 Å². The van der Waals surface area contributed by atoms with Crippen LogP contribution in [0.3, 0.4) is 0 Å². The number of carbonyl (C=O) groups is 2. The molecule has 10 heteroatoms. The summed E-state index contributed by atoms with van der Waals surface area (Å²) < 4.78 is 1.51. The largest absolute Gasteiger partial charge is 0.368 e. The van der Waals surface area contributed by atoms with Gasteiger partial charge in [0, 0.05) is 48.3 Å². The lowest BCUT2D eigenvalue weighted by molar-refractivity contribution is -0.130. The molecule has 0 bridgehead atoms. The molecule has 0 aliphatic carbocycles. The van der Waals surface area contributed by atoms with E-state index in [4.69, 9.17) is 11.6 Å². The average molecular weight is 428 g/mol. The van der Waals surface area contributed by atoms with E-state index >= 15 is 0 Å². The first-order chi connectivity index (χ1) is 14.4. The number of halogens is 1. The van der Waals surface area contributed by atoms with E-state index in [9.17, 15) is 9.59 Å². The Morgan fingerprint density at radius 2 is 1.87 bits per heavy atom. The van der Waals surface area contributed by atoms with Gasteiger partial charge in [-0.2, -0.15) is 4.98 Å². The predicted molar refractivity (Wildman–Crippen MR) is 113 cm³/mol. The third kappa shape index (κ3) is 4.20. The van der Waals surface area contributed by atoms with Crippen LogP contribution in [0.2, 0.25) is 5.02 Å². The van der Waals surface area contributed by atoms with E-state index in [0.29, 0.717) is 37.0 Å². The fourth-order valence-corrected chi connectivity index (χ4v) is 3.68. The van der Waals surface area contributed by atoms with E-state index in [0.717, 1.165) is 17.1 Å². The van der Waals surface area contributed by atoms with Crippen molar-refractivity contribution >= 4 is 34.9 Å². The van der Waals surface area contributed by atoms with E-state index in [1.165, 1.54) is 4.52 Å². The number of hydrogen-bond donors (Lipinski definition) is 1. The van der Waals surface area contributed by atoms with Gasteiger partial charge in [0.05, 0.1) is 6.54 Å². The van der Waals surface area contributed by atoms with Gasteiger partial charge in [-0.3, -0.25) is 9.59 Å². The third-order valence-electron chi connectivity index (χ3n) is 5.03. The fourth-order valence-electron chi connectivity index (χ4n) is 3.50. The standard InChI is InChI=1S/C20H22ClN7O2/c1-13-10-14(2)28-20(23-13)24-18(25-28)19(30)22-12-17(29)27-8-6-26(7-9-27)16-5-3-4-15(21)11-16/h3-5,10-11H,6-9,12H2,1-2H3,(H,22,30). The highest BCUT2D eigenvalue weighted by atomic mass is 35.5. The average Bonchev–Trinajstić information content (AvgIpc) is 3.16. The van der Waals surface area contributed by atoms with E-state index in [1.807, 2.05) is 44.2 Å². The molecule has 3 aromatic rings. The van der Waals surface area contributed by atoms with Crippen LogP contribution in [0.4, 0.5) is 5.69 Å². The number of fused-ring (bicyclic) bond motifs is 1. The van der Waals surface area contributed by atoms with Crippen molar-refractivity contribution in [2.75, 3.05) is 37.6 Å². The van der Waals surface area contributed by atoms with Gasteiger partial charge in [0.2, 0.25) is 11.7 Å². The number of piperazine rings is 1. The SMILES string of the molecule is Cc1cc(C)n2nc(C(=O)NCC(=O)N3CCN(c4cccc(Cl)c4)CC3)nc2n1.